The summed E-state index contributed by atoms with van der Waals surface area (Å²) in [7, 11) is 0. The molecule has 0 bridgehead atoms. The second-order valence-electron chi connectivity index (χ2n) is 4.17. The molecule has 0 unspecified atom stereocenters. The normalized spacial score (nSPS) is 19.8. The van der Waals surface area contributed by atoms with Crippen LogP contribution in [0.4, 0.5) is 14.5 Å². The Morgan fingerprint density at radius 2 is 1.94 bits per heavy atom. The molecule has 1 aromatic carbocycles. The molecule has 1 fully saturated rings. The van der Waals surface area contributed by atoms with E-state index in [2.05, 4.69) is 0 Å². The number of hydrogen-bond acceptors (Lipinski definition) is 2. The second-order valence-corrected chi connectivity index (χ2v) is 4.17. The van der Waals surface area contributed by atoms with Crippen LogP contribution in [0.2, 0.25) is 0 Å². The number of hydrogen-bond donors (Lipinski definition) is 1. The maximum Gasteiger partial charge on any atom is 0.251 e. The number of nitrogens with zero attached hydrogens (tertiary/aromatic N) is 1. The summed E-state index contributed by atoms with van der Waals surface area (Å²) in [5.74, 6) is -2.51. The van der Waals surface area contributed by atoms with Gasteiger partial charge in [0.15, 0.2) is 0 Å². The Hall–Kier alpha value is -1.16. The molecule has 0 aliphatic carbocycles. The molecule has 1 aliphatic rings. The van der Waals surface area contributed by atoms with Gasteiger partial charge in [-0.1, -0.05) is 12.1 Å². The summed E-state index contributed by atoms with van der Waals surface area (Å²) in [6, 6.07) is 7.40. The van der Waals surface area contributed by atoms with Crippen molar-refractivity contribution in [3.8, 4) is 0 Å². The molecule has 1 saturated heterocycles. The van der Waals surface area contributed by atoms with Gasteiger partial charge in [0.1, 0.15) is 0 Å². The molecule has 1 aromatic rings. The smallest absolute Gasteiger partial charge is 0.251 e. The third kappa shape index (κ3) is 2.50. The first-order valence-electron chi connectivity index (χ1n) is 5.43. The van der Waals surface area contributed by atoms with Crippen molar-refractivity contribution in [2.24, 2.45) is 0 Å². The third-order valence-electron chi connectivity index (χ3n) is 2.95. The van der Waals surface area contributed by atoms with E-state index in [-0.39, 0.29) is 19.4 Å². The highest BCUT2D eigenvalue weighted by Gasteiger charge is 2.33. The van der Waals surface area contributed by atoms with Crippen LogP contribution in [-0.4, -0.2) is 24.1 Å². The first-order chi connectivity index (χ1) is 7.61. The Balaban J connectivity index is 2.08. The van der Waals surface area contributed by atoms with Gasteiger partial charge in [0.05, 0.1) is 6.61 Å². The van der Waals surface area contributed by atoms with Gasteiger partial charge in [0.2, 0.25) is 0 Å². The van der Waals surface area contributed by atoms with Gasteiger partial charge in [-0.2, -0.15) is 0 Å². The molecule has 0 atom stereocenters. The largest absolute Gasteiger partial charge is 0.392 e. The lowest BCUT2D eigenvalue weighted by atomic mass is 10.1. The Kier molecular flexibility index (Phi) is 3.10. The van der Waals surface area contributed by atoms with Gasteiger partial charge in [0.25, 0.3) is 5.92 Å². The minimum atomic E-state index is -2.51. The van der Waals surface area contributed by atoms with Crippen LogP contribution in [0.25, 0.3) is 0 Å². The molecule has 1 heterocycles. The monoisotopic (exact) mass is 227 g/mol. The third-order valence-corrected chi connectivity index (χ3v) is 2.95. The van der Waals surface area contributed by atoms with Crippen molar-refractivity contribution in [2.45, 2.75) is 25.4 Å². The predicted octanol–water partition coefficient (Wildman–Crippen LogP) is 2.41. The first-order valence-corrected chi connectivity index (χ1v) is 5.43. The molecule has 2 rings (SSSR count). The molecule has 0 aromatic heterocycles. The van der Waals surface area contributed by atoms with Gasteiger partial charge in [-0.05, 0) is 17.7 Å². The fourth-order valence-corrected chi connectivity index (χ4v) is 1.94. The van der Waals surface area contributed by atoms with Crippen molar-refractivity contribution in [1.82, 2.24) is 0 Å². The summed E-state index contributed by atoms with van der Waals surface area (Å²) in [4.78, 5) is 1.94. The number of aliphatic hydroxyl groups is 1. The average molecular weight is 227 g/mol. The molecular weight excluding hydrogens is 212 g/mol. The Morgan fingerprint density at radius 3 is 2.56 bits per heavy atom. The van der Waals surface area contributed by atoms with Crippen LogP contribution in [0.5, 0.6) is 0 Å². The van der Waals surface area contributed by atoms with E-state index < -0.39 is 5.92 Å². The highest BCUT2D eigenvalue weighted by molar-refractivity contribution is 5.48. The van der Waals surface area contributed by atoms with Gasteiger partial charge in [-0.15, -0.1) is 0 Å². The van der Waals surface area contributed by atoms with E-state index in [1.165, 1.54) is 0 Å². The van der Waals surface area contributed by atoms with Crippen molar-refractivity contribution in [2.75, 3.05) is 18.0 Å². The lowest BCUT2D eigenvalue weighted by Gasteiger charge is -2.33. The lowest BCUT2D eigenvalue weighted by molar-refractivity contribution is -0.0220. The van der Waals surface area contributed by atoms with Crippen molar-refractivity contribution < 1.29 is 13.9 Å². The zero-order valence-electron chi connectivity index (χ0n) is 9.00. The summed E-state index contributed by atoms with van der Waals surface area (Å²) in [6.07, 6.45) is -0.174. The van der Waals surface area contributed by atoms with E-state index in [4.69, 9.17) is 5.11 Å². The molecular formula is C12H15F2NO. The summed E-state index contributed by atoms with van der Waals surface area (Å²) in [5, 5.41) is 9.00. The number of aliphatic hydroxyl groups excluding tert-OH is 1. The zero-order chi connectivity index (χ0) is 11.6. The fraction of sp³-hybridized carbons (Fsp3) is 0.500. The maximum atomic E-state index is 13.0. The molecule has 16 heavy (non-hydrogen) atoms. The van der Waals surface area contributed by atoms with Crippen LogP contribution < -0.4 is 4.90 Å². The van der Waals surface area contributed by atoms with E-state index in [1.807, 2.05) is 29.2 Å². The highest BCUT2D eigenvalue weighted by Crippen LogP contribution is 2.30. The highest BCUT2D eigenvalue weighted by atomic mass is 19.3. The molecule has 88 valence electrons. The standard InChI is InChI=1S/C12H15F2NO/c13-12(14)4-6-15(7-5-12)11-3-1-2-10(8-11)9-16/h1-3,8,16H,4-7,9H2. The summed E-state index contributed by atoms with van der Waals surface area (Å²) in [6.45, 7) is 0.738. The Morgan fingerprint density at radius 1 is 1.25 bits per heavy atom. The Bertz CT molecular complexity index is 358. The van der Waals surface area contributed by atoms with Crippen LogP contribution in [0.1, 0.15) is 18.4 Å². The van der Waals surface area contributed by atoms with E-state index >= 15 is 0 Å². The SMILES string of the molecule is OCc1cccc(N2CCC(F)(F)CC2)c1. The number of benzene rings is 1. The topological polar surface area (TPSA) is 23.5 Å². The van der Waals surface area contributed by atoms with Crippen LogP contribution in [-0.2, 0) is 6.61 Å². The van der Waals surface area contributed by atoms with Gasteiger partial charge in [-0.25, -0.2) is 8.78 Å². The van der Waals surface area contributed by atoms with Crippen molar-refractivity contribution in [3.63, 3.8) is 0 Å². The first kappa shape index (κ1) is 11.3. The van der Waals surface area contributed by atoms with Crippen LogP contribution in [0.15, 0.2) is 24.3 Å². The van der Waals surface area contributed by atoms with Crippen molar-refractivity contribution in [3.05, 3.63) is 29.8 Å². The average Bonchev–Trinajstić information content (AvgIpc) is 2.29. The van der Waals surface area contributed by atoms with Crippen LogP contribution in [0.3, 0.4) is 0 Å². The molecule has 0 spiro atoms. The minimum absolute atomic E-state index is 0.0160. The number of piperidine rings is 1. The fourth-order valence-electron chi connectivity index (χ4n) is 1.94. The van der Waals surface area contributed by atoms with Gasteiger partial charge in [0, 0.05) is 31.6 Å². The molecule has 0 radical (unpaired) electrons. The van der Waals surface area contributed by atoms with E-state index in [1.54, 1.807) is 0 Å². The van der Waals surface area contributed by atoms with Crippen LogP contribution >= 0.6 is 0 Å². The van der Waals surface area contributed by atoms with E-state index in [0.717, 1.165) is 11.3 Å². The molecule has 0 amide bonds. The summed E-state index contributed by atoms with van der Waals surface area (Å²) in [5.41, 5.74) is 1.73. The van der Waals surface area contributed by atoms with Gasteiger partial charge in [-0.3, -0.25) is 0 Å². The quantitative estimate of drug-likeness (QED) is 0.838. The second kappa shape index (κ2) is 4.37. The predicted molar refractivity (Wildman–Crippen MR) is 58.8 cm³/mol. The molecule has 1 aliphatic heterocycles. The minimum Gasteiger partial charge on any atom is -0.392 e. The van der Waals surface area contributed by atoms with E-state index in [9.17, 15) is 8.78 Å². The number of alkyl halides is 2. The number of halogens is 2. The van der Waals surface area contributed by atoms with E-state index in [0.29, 0.717) is 13.1 Å². The Labute approximate surface area is 93.5 Å². The number of anilines is 1. The maximum absolute atomic E-state index is 13.0. The van der Waals surface area contributed by atoms with Gasteiger partial charge >= 0.3 is 0 Å². The molecule has 1 N–H and O–H groups in total. The zero-order valence-corrected chi connectivity index (χ0v) is 9.00. The summed E-state index contributed by atoms with van der Waals surface area (Å²) < 4.78 is 25.9. The van der Waals surface area contributed by atoms with Crippen molar-refractivity contribution in [1.29, 1.82) is 0 Å². The molecule has 0 saturated carbocycles. The number of rotatable bonds is 2. The van der Waals surface area contributed by atoms with Gasteiger partial charge < -0.3 is 10.0 Å². The van der Waals surface area contributed by atoms with Crippen molar-refractivity contribution >= 4 is 5.69 Å². The molecule has 4 heteroatoms. The lowest BCUT2D eigenvalue weighted by Crippen LogP contribution is -2.39. The van der Waals surface area contributed by atoms with Crippen LogP contribution in [0, 0.1) is 0 Å². The molecule has 2 nitrogen and oxygen atoms in total. The summed E-state index contributed by atoms with van der Waals surface area (Å²) >= 11 is 0.